The van der Waals surface area contributed by atoms with Gasteiger partial charge in [0.1, 0.15) is 5.69 Å². The molecule has 0 aliphatic heterocycles. The number of nitrogens with one attached hydrogen (secondary N) is 1. The van der Waals surface area contributed by atoms with Crippen LogP contribution in [0, 0.1) is 10.1 Å². The number of carbonyl (C=O) groups excluding carboxylic acids is 1. The maximum atomic E-state index is 12.0. The molecule has 1 heterocycles. The van der Waals surface area contributed by atoms with Gasteiger partial charge < -0.3 is 9.88 Å². The zero-order valence-corrected chi connectivity index (χ0v) is 12.1. The predicted octanol–water partition coefficient (Wildman–Crippen LogP) is 2.56. The van der Waals surface area contributed by atoms with Crippen LogP contribution >= 0.6 is 11.6 Å². The smallest absolute Gasteiger partial charge is 0.287 e. The third-order valence-corrected chi connectivity index (χ3v) is 3.30. The van der Waals surface area contributed by atoms with E-state index in [1.807, 2.05) is 12.1 Å². The van der Waals surface area contributed by atoms with Crippen LogP contribution in [0.1, 0.15) is 16.1 Å². The Labute approximate surface area is 126 Å². The Bertz CT molecular complexity index is 665. The summed E-state index contributed by atoms with van der Waals surface area (Å²) in [6.07, 6.45) is 1.98. The van der Waals surface area contributed by atoms with E-state index in [-0.39, 0.29) is 17.3 Å². The molecule has 2 aromatic rings. The van der Waals surface area contributed by atoms with Crippen LogP contribution in [0.3, 0.4) is 0 Å². The number of carbonyl (C=O) groups is 1. The van der Waals surface area contributed by atoms with Gasteiger partial charge in [0.05, 0.1) is 11.1 Å². The Morgan fingerprint density at radius 2 is 2.05 bits per heavy atom. The second-order valence-electron chi connectivity index (χ2n) is 4.58. The van der Waals surface area contributed by atoms with Crippen LogP contribution in [0.25, 0.3) is 0 Å². The third kappa shape index (κ3) is 3.82. The van der Waals surface area contributed by atoms with Gasteiger partial charge in [-0.1, -0.05) is 23.7 Å². The SMILES string of the molecule is Cn1cc([N+](=O)[O-])cc1C(=O)NCCc1ccc(Cl)cc1. The molecule has 2 rings (SSSR count). The lowest BCUT2D eigenvalue weighted by Gasteiger charge is -2.06. The van der Waals surface area contributed by atoms with Gasteiger partial charge in [-0.2, -0.15) is 0 Å². The molecular formula is C14H14ClN3O3. The van der Waals surface area contributed by atoms with Crippen molar-refractivity contribution in [1.29, 1.82) is 0 Å². The molecule has 0 bridgehead atoms. The van der Waals surface area contributed by atoms with Crippen molar-refractivity contribution in [3.8, 4) is 0 Å². The fourth-order valence-electron chi connectivity index (χ4n) is 1.93. The van der Waals surface area contributed by atoms with Gasteiger partial charge in [-0.25, -0.2) is 0 Å². The van der Waals surface area contributed by atoms with Crippen molar-refractivity contribution in [3.63, 3.8) is 0 Å². The number of benzene rings is 1. The first-order valence-corrected chi connectivity index (χ1v) is 6.68. The van der Waals surface area contributed by atoms with Crippen molar-refractivity contribution in [3.05, 3.63) is 62.9 Å². The molecule has 0 saturated heterocycles. The zero-order chi connectivity index (χ0) is 15.4. The highest BCUT2D eigenvalue weighted by Crippen LogP contribution is 2.15. The molecular weight excluding hydrogens is 294 g/mol. The molecule has 6 nitrogen and oxygen atoms in total. The molecule has 1 amide bonds. The number of aryl methyl sites for hydroxylation is 1. The summed E-state index contributed by atoms with van der Waals surface area (Å²) >= 11 is 5.79. The Hall–Kier alpha value is -2.34. The lowest BCUT2D eigenvalue weighted by molar-refractivity contribution is -0.384. The lowest BCUT2D eigenvalue weighted by Crippen LogP contribution is -2.27. The average Bonchev–Trinajstić information content (AvgIpc) is 2.83. The molecule has 0 radical (unpaired) electrons. The van der Waals surface area contributed by atoms with Crippen molar-refractivity contribution in [2.75, 3.05) is 6.54 Å². The summed E-state index contributed by atoms with van der Waals surface area (Å²) in [5.41, 5.74) is 1.22. The van der Waals surface area contributed by atoms with Crippen molar-refractivity contribution in [2.24, 2.45) is 7.05 Å². The largest absolute Gasteiger partial charge is 0.350 e. The van der Waals surface area contributed by atoms with Crippen LogP contribution in [0.5, 0.6) is 0 Å². The molecule has 0 spiro atoms. The summed E-state index contributed by atoms with van der Waals surface area (Å²) in [7, 11) is 1.60. The Kier molecular flexibility index (Phi) is 4.59. The van der Waals surface area contributed by atoms with Crippen LogP contribution in [-0.2, 0) is 13.5 Å². The number of rotatable bonds is 5. The highest BCUT2D eigenvalue weighted by atomic mass is 35.5. The highest BCUT2D eigenvalue weighted by molar-refractivity contribution is 6.30. The van der Waals surface area contributed by atoms with Crippen LogP contribution in [0.2, 0.25) is 5.02 Å². The van der Waals surface area contributed by atoms with E-state index in [2.05, 4.69) is 5.32 Å². The molecule has 0 aliphatic rings. The van der Waals surface area contributed by atoms with E-state index >= 15 is 0 Å². The molecule has 110 valence electrons. The Balaban J connectivity index is 1.92. The summed E-state index contributed by atoms with van der Waals surface area (Å²) in [6.45, 7) is 0.444. The summed E-state index contributed by atoms with van der Waals surface area (Å²) in [5.74, 6) is -0.334. The number of nitrogens with zero attached hydrogens (tertiary/aromatic N) is 2. The van der Waals surface area contributed by atoms with Crippen molar-refractivity contribution >= 4 is 23.2 Å². The second-order valence-corrected chi connectivity index (χ2v) is 5.02. The van der Waals surface area contributed by atoms with Gasteiger partial charge in [0.25, 0.3) is 11.6 Å². The number of nitro groups is 1. The van der Waals surface area contributed by atoms with E-state index in [0.29, 0.717) is 18.0 Å². The minimum absolute atomic E-state index is 0.0969. The summed E-state index contributed by atoms with van der Waals surface area (Å²) in [6, 6.07) is 8.62. The fourth-order valence-corrected chi connectivity index (χ4v) is 2.06. The average molecular weight is 308 g/mol. The molecule has 1 aromatic heterocycles. The molecule has 0 unspecified atom stereocenters. The van der Waals surface area contributed by atoms with E-state index in [1.54, 1.807) is 19.2 Å². The maximum absolute atomic E-state index is 12.0. The molecule has 1 N–H and O–H groups in total. The number of halogens is 1. The van der Waals surface area contributed by atoms with Crippen molar-refractivity contribution < 1.29 is 9.72 Å². The van der Waals surface area contributed by atoms with E-state index in [4.69, 9.17) is 11.6 Å². The standard InChI is InChI=1S/C14H14ClN3O3/c1-17-9-12(18(20)21)8-13(17)14(19)16-7-6-10-2-4-11(15)5-3-10/h2-5,8-9H,6-7H2,1H3,(H,16,19). The monoisotopic (exact) mass is 307 g/mol. The Morgan fingerprint density at radius 1 is 1.38 bits per heavy atom. The zero-order valence-electron chi connectivity index (χ0n) is 11.4. The number of hydrogen-bond donors (Lipinski definition) is 1. The lowest BCUT2D eigenvalue weighted by atomic mass is 10.1. The third-order valence-electron chi connectivity index (χ3n) is 3.05. The first kappa shape index (κ1) is 15.1. The summed E-state index contributed by atoms with van der Waals surface area (Å²) in [4.78, 5) is 22.1. The minimum atomic E-state index is -0.523. The normalized spacial score (nSPS) is 10.4. The van der Waals surface area contributed by atoms with Gasteiger partial charge >= 0.3 is 0 Å². The first-order valence-electron chi connectivity index (χ1n) is 6.31. The summed E-state index contributed by atoms with van der Waals surface area (Å²) in [5, 5.41) is 14.1. The topological polar surface area (TPSA) is 77.2 Å². The molecule has 1 aromatic carbocycles. The number of aromatic nitrogens is 1. The highest BCUT2D eigenvalue weighted by Gasteiger charge is 2.16. The minimum Gasteiger partial charge on any atom is -0.350 e. The van der Waals surface area contributed by atoms with Crippen LogP contribution in [-0.4, -0.2) is 21.9 Å². The Morgan fingerprint density at radius 3 is 2.62 bits per heavy atom. The number of hydrogen-bond acceptors (Lipinski definition) is 3. The molecule has 21 heavy (non-hydrogen) atoms. The van der Waals surface area contributed by atoms with Crippen LogP contribution in [0.15, 0.2) is 36.5 Å². The van der Waals surface area contributed by atoms with Crippen LogP contribution in [0.4, 0.5) is 5.69 Å². The van der Waals surface area contributed by atoms with Gasteiger partial charge in [0.15, 0.2) is 0 Å². The molecule has 0 saturated carbocycles. The molecule has 7 heteroatoms. The van der Waals surface area contributed by atoms with Gasteiger partial charge in [-0.15, -0.1) is 0 Å². The number of amides is 1. The van der Waals surface area contributed by atoms with Gasteiger partial charge in [-0.3, -0.25) is 14.9 Å². The van der Waals surface area contributed by atoms with Crippen molar-refractivity contribution in [1.82, 2.24) is 9.88 Å². The summed E-state index contributed by atoms with van der Waals surface area (Å²) < 4.78 is 1.44. The quantitative estimate of drug-likeness (QED) is 0.681. The van der Waals surface area contributed by atoms with Gasteiger partial charge in [0.2, 0.25) is 0 Å². The molecule has 0 aliphatic carbocycles. The molecule has 0 fully saturated rings. The van der Waals surface area contributed by atoms with Gasteiger partial charge in [-0.05, 0) is 24.1 Å². The fraction of sp³-hybridized carbons (Fsp3) is 0.214. The maximum Gasteiger partial charge on any atom is 0.287 e. The predicted molar refractivity (Wildman–Crippen MR) is 79.6 cm³/mol. The van der Waals surface area contributed by atoms with E-state index in [1.165, 1.54) is 16.8 Å². The second kappa shape index (κ2) is 6.41. The van der Waals surface area contributed by atoms with Crippen molar-refractivity contribution in [2.45, 2.75) is 6.42 Å². The van der Waals surface area contributed by atoms with E-state index < -0.39 is 4.92 Å². The van der Waals surface area contributed by atoms with Crippen LogP contribution < -0.4 is 5.32 Å². The first-order chi connectivity index (χ1) is 9.97. The van der Waals surface area contributed by atoms with E-state index in [0.717, 1.165) is 5.56 Å². The van der Waals surface area contributed by atoms with Gasteiger partial charge in [0, 0.05) is 24.7 Å². The van der Waals surface area contributed by atoms with E-state index in [9.17, 15) is 14.9 Å². The molecule has 0 atom stereocenters.